The van der Waals surface area contributed by atoms with Crippen LogP contribution in [0.3, 0.4) is 0 Å². The maximum Gasteiger partial charge on any atom is 0.291 e. The quantitative estimate of drug-likeness (QED) is 0.477. The minimum Gasteiger partial charge on any atom is -0.490 e. The summed E-state index contributed by atoms with van der Waals surface area (Å²) in [5.41, 5.74) is 1.96. The molecular weight excluding hydrogens is 370 g/mol. The summed E-state index contributed by atoms with van der Waals surface area (Å²) in [6.45, 7) is 4.10. The molecule has 29 heavy (non-hydrogen) atoms. The molecule has 0 aliphatic rings. The highest BCUT2D eigenvalue weighted by molar-refractivity contribution is 6.02. The standard InChI is InChI=1S/C22H21N3O4/c1-2-12-28-19-10-8-16(9-11-19)24-21(26)15-23-17-5-3-6-18(14-17)25-22(27)20-7-4-13-29-20/h2-11,13-14,23H,1,12,15H2,(H,24,26)(H,25,27). The number of hydrogen-bond donors (Lipinski definition) is 3. The van der Waals surface area contributed by atoms with Crippen molar-refractivity contribution in [2.75, 3.05) is 29.1 Å². The Balaban J connectivity index is 1.49. The normalized spacial score (nSPS) is 10.1. The zero-order chi connectivity index (χ0) is 20.5. The molecule has 1 aromatic heterocycles. The molecule has 0 unspecified atom stereocenters. The monoisotopic (exact) mass is 391 g/mol. The van der Waals surface area contributed by atoms with E-state index in [9.17, 15) is 9.59 Å². The fourth-order valence-electron chi connectivity index (χ4n) is 2.48. The van der Waals surface area contributed by atoms with Crippen LogP contribution in [0.15, 0.2) is 84.0 Å². The Morgan fingerprint density at radius 2 is 1.76 bits per heavy atom. The lowest BCUT2D eigenvalue weighted by atomic mass is 10.2. The lowest BCUT2D eigenvalue weighted by Gasteiger charge is -2.10. The van der Waals surface area contributed by atoms with Crippen molar-refractivity contribution in [1.82, 2.24) is 0 Å². The Morgan fingerprint density at radius 1 is 0.966 bits per heavy atom. The number of amides is 2. The van der Waals surface area contributed by atoms with Crippen LogP contribution in [0.2, 0.25) is 0 Å². The van der Waals surface area contributed by atoms with E-state index in [0.29, 0.717) is 29.4 Å². The molecule has 3 aromatic rings. The molecule has 7 heteroatoms. The van der Waals surface area contributed by atoms with E-state index in [1.807, 2.05) is 6.07 Å². The van der Waals surface area contributed by atoms with Crippen LogP contribution in [-0.4, -0.2) is 25.0 Å². The number of ether oxygens (including phenoxy) is 1. The maximum absolute atomic E-state index is 12.2. The average molecular weight is 391 g/mol. The minimum absolute atomic E-state index is 0.0737. The van der Waals surface area contributed by atoms with Crippen LogP contribution in [-0.2, 0) is 4.79 Å². The van der Waals surface area contributed by atoms with Crippen LogP contribution in [0.1, 0.15) is 10.6 Å². The van der Waals surface area contributed by atoms with Gasteiger partial charge in [0.05, 0.1) is 12.8 Å². The number of carbonyl (C=O) groups excluding carboxylic acids is 2. The lowest BCUT2D eigenvalue weighted by Crippen LogP contribution is -2.21. The van der Waals surface area contributed by atoms with Crippen molar-refractivity contribution in [3.63, 3.8) is 0 Å². The van der Waals surface area contributed by atoms with E-state index in [2.05, 4.69) is 22.5 Å². The summed E-state index contributed by atoms with van der Waals surface area (Å²) in [4.78, 5) is 24.2. The first-order valence-electron chi connectivity index (χ1n) is 8.96. The molecule has 0 bridgehead atoms. The minimum atomic E-state index is -0.342. The third-order valence-electron chi connectivity index (χ3n) is 3.82. The van der Waals surface area contributed by atoms with Gasteiger partial charge >= 0.3 is 0 Å². The largest absolute Gasteiger partial charge is 0.490 e. The molecule has 0 saturated heterocycles. The first kappa shape index (κ1) is 19.8. The molecular formula is C22H21N3O4. The molecule has 3 rings (SSSR count). The third-order valence-corrected chi connectivity index (χ3v) is 3.82. The topological polar surface area (TPSA) is 92.6 Å². The van der Waals surface area contributed by atoms with Crippen molar-refractivity contribution in [2.24, 2.45) is 0 Å². The number of rotatable bonds is 9. The Labute approximate surface area is 168 Å². The van der Waals surface area contributed by atoms with Gasteiger partial charge in [-0.25, -0.2) is 0 Å². The van der Waals surface area contributed by atoms with Gasteiger partial charge in [-0.05, 0) is 54.6 Å². The molecule has 3 N–H and O–H groups in total. The van der Waals surface area contributed by atoms with Crippen LogP contribution in [0.25, 0.3) is 0 Å². The van der Waals surface area contributed by atoms with Crippen LogP contribution in [0.4, 0.5) is 17.1 Å². The van der Waals surface area contributed by atoms with Gasteiger partial charge in [0.25, 0.3) is 5.91 Å². The van der Waals surface area contributed by atoms with Crippen molar-refractivity contribution < 1.29 is 18.7 Å². The molecule has 7 nitrogen and oxygen atoms in total. The Bertz CT molecular complexity index is 966. The molecule has 0 atom stereocenters. The second-order valence-electron chi connectivity index (χ2n) is 6.04. The van der Waals surface area contributed by atoms with Crippen LogP contribution in [0, 0.1) is 0 Å². The molecule has 1 heterocycles. The van der Waals surface area contributed by atoms with Crippen molar-refractivity contribution in [3.8, 4) is 5.75 Å². The summed E-state index contributed by atoms with van der Waals surface area (Å²) < 4.78 is 10.5. The molecule has 0 radical (unpaired) electrons. The van der Waals surface area contributed by atoms with Gasteiger partial charge in [-0.15, -0.1) is 0 Å². The molecule has 148 valence electrons. The van der Waals surface area contributed by atoms with Gasteiger partial charge < -0.3 is 25.1 Å². The van der Waals surface area contributed by atoms with Crippen molar-refractivity contribution in [3.05, 3.63) is 85.3 Å². The third kappa shape index (κ3) is 6.00. The summed E-state index contributed by atoms with van der Waals surface area (Å²) in [5.74, 6) is 0.387. The smallest absolute Gasteiger partial charge is 0.291 e. The van der Waals surface area contributed by atoms with Gasteiger partial charge in [0.1, 0.15) is 12.4 Å². The molecule has 2 amide bonds. The maximum atomic E-state index is 12.2. The second kappa shape index (κ2) is 9.80. The number of hydrogen-bond acceptors (Lipinski definition) is 5. The van der Waals surface area contributed by atoms with E-state index < -0.39 is 0 Å². The Kier molecular flexibility index (Phi) is 6.67. The van der Waals surface area contributed by atoms with E-state index in [1.165, 1.54) is 6.26 Å². The number of nitrogens with one attached hydrogen (secondary N) is 3. The highest BCUT2D eigenvalue weighted by Crippen LogP contribution is 2.17. The highest BCUT2D eigenvalue weighted by Gasteiger charge is 2.09. The number of carbonyl (C=O) groups is 2. The van der Waals surface area contributed by atoms with Crippen LogP contribution >= 0.6 is 0 Å². The van der Waals surface area contributed by atoms with Gasteiger partial charge in [0, 0.05) is 17.1 Å². The molecule has 0 fully saturated rings. The van der Waals surface area contributed by atoms with Crippen LogP contribution in [0.5, 0.6) is 5.75 Å². The summed E-state index contributed by atoms with van der Waals surface area (Å²) in [6, 6.07) is 17.4. The first-order valence-corrected chi connectivity index (χ1v) is 8.96. The van der Waals surface area contributed by atoms with Gasteiger partial charge in [-0.1, -0.05) is 18.7 Å². The summed E-state index contributed by atoms with van der Waals surface area (Å²) in [7, 11) is 0. The lowest BCUT2D eigenvalue weighted by molar-refractivity contribution is -0.114. The molecule has 2 aromatic carbocycles. The van der Waals surface area contributed by atoms with E-state index in [4.69, 9.17) is 9.15 Å². The number of benzene rings is 2. The summed E-state index contributed by atoms with van der Waals surface area (Å²) >= 11 is 0. The average Bonchev–Trinajstić information content (AvgIpc) is 3.27. The summed E-state index contributed by atoms with van der Waals surface area (Å²) in [5, 5.41) is 8.57. The zero-order valence-electron chi connectivity index (χ0n) is 15.7. The molecule has 0 aliphatic carbocycles. The fraction of sp³-hybridized carbons (Fsp3) is 0.0909. The zero-order valence-corrected chi connectivity index (χ0v) is 15.7. The van der Waals surface area contributed by atoms with Crippen molar-refractivity contribution in [2.45, 2.75) is 0 Å². The second-order valence-corrected chi connectivity index (χ2v) is 6.04. The SMILES string of the molecule is C=CCOc1ccc(NC(=O)CNc2cccc(NC(=O)c3ccco3)c2)cc1. The van der Waals surface area contributed by atoms with Gasteiger partial charge in [0.15, 0.2) is 5.76 Å². The van der Waals surface area contributed by atoms with E-state index in [1.54, 1.807) is 60.7 Å². The molecule has 0 spiro atoms. The number of furan rings is 1. The molecule has 0 aliphatic heterocycles. The predicted octanol–water partition coefficient (Wildman–Crippen LogP) is 4.15. The molecule has 0 saturated carbocycles. The van der Waals surface area contributed by atoms with Gasteiger partial charge in [-0.2, -0.15) is 0 Å². The van der Waals surface area contributed by atoms with E-state index in [-0.39, 0.29) is 24.1 Å². The fourth-order valence-corrected chi connectivity index (χ4v) is 2.48. The van der Waals surface area contributed by atoms with Crippen LogP contribution < -0.4 is 20.7 Å². The van der Waals surface area contributed by atoms with Gasteiger partial charge in [-0.3, -0.25) is 9.59 Å². The Hall–Kier alpha value is -4.00. The van der Waals surface area contributed by atoms with Crippen molar-refractivity contribution >= 4 is 28.9 Å². The first-order chi connectivity index (χ1) is 14.1. The highest BCUT2D eigenvalue weighted by atomic mass is 16.5. The number of anilines is 3. The summed E-state index contributed by atoms with van der Waals surface area (Å²) in [6.07, 6.45) is 3.10. The predicted molar refractivity (Wildman–Crippen MR) is 112 cm³/mol. The van der Waals surface area contributed by atoms with Crippen molar-refractivity contribution in [1.29, 1.82) is 0 Å². The Morgan fingerprint density at radius 3 is 2.48 bits per heavy atom. The van der Waals surface area contributed by atoms with Gasteiger partial charge in [0.2, 0.25) is 5.91 Å². The van der Waals surface area contributed by atoms with E-state index in [0.717, 1.165) is 0 Å². The van der Waals surface area contributed by atoms with E-state index >= 15 is 0 Å².